The van der Waals surface area contributed by atoms with Crippen LogP contribution in [0, 0.1) is 17.6 Å². The van der Waals surface area contributed by atoms with Crippen LogP contribution < -0.4 is 15.5 Å². The molecule has 3 heterocycles. The lowest BCUT2D eigenvalue weighted by Crippen LogP contribution is -2.50. The number of urea groups is 1. The zero-order valence-electron chi connectivity index (χ0n) is 15.6. The molecule has 0 aromatic heterocycles. The Morgan fingerprint density at radius 3 is 2.81 bits per heavy atom. The van der Waals surface area contributed by atoms with Gasteiger partial charge in [-0.1, -0.05) is 6.42 Å². The van der Waals surface area contributed by atoms with Crippen molar-refractivity contribution < 1.29 is 13.6 Å². The molecule has 0 aliphatic carbocycles. The minimum Gasteiger partial charge on any atom is -0.371 e. The number of nitrogens with zero attached hydrogens (tertiary/aromatic N) is 2. The number of piperidine rings is 1. The average molecular weight is 378 g/mol. The lowest BCUT2D eigenvalue weighted by molar-refractivity contribution is 0.178. The van der Waals surface area contributed by atoms with Crippen molar-refractivity contribution in [1.82, 2.24) is 15.5 Å². The summed E-state index contributed by atoms with van der Waals surface area (Å²) in [7, 11) is 0. The van der Waals surface area contributed by atoms with Crippen LogP contribution in [-0.2, 0) is 0 Å². The average Bonchev–Trinajstić information content (AvgIpc) is 3.30. The van der Waals surface area contributed by atoms with Gasteiger partial charge in [0, 0.05) is 50.0 Å². The van der Waals surface area contributed by atoms with Crippen molar-refractivity contribution in [2.75, 3.05) is 37.6 Å². The predicted octanol–water partition coefficient (Wildman–Crippen LogP) is 2.72. The molecule has 2 amide bonds. The Labute approximate surface area is 159 Å². The Bertz CT molecular complexity index is 686. The largest absolute Gasteiger partial charge is 0.371 e. The van der Waals surface area contributed by atoms with E-state index >= 15 is 0 Å². The maximum Gasteiger partial charge on any atom is 0.315 e. The van der Waals surface area contributed by atoms with Crippen LogP contribution in [0.5, 0.6) is 0 Å². The zero-order valence-corrected chi connectivity index (χ0v) is 15.6. The van der Waals surface area contributed by atoms with Crippen molar-refractivity contribution in [3.8, 4) is 0 Å². The summed E-state index contributed by atoms with van der Waals surface area (Å²) in [5, 5.41) is 6.17. The van der Waals surface area contributed by atoms with Gasteiger partial charge in [-0.3, -0.25) is 4.90 Å². The van der Waals surface area contributed by atoms with E-state index in [0.717, 1.165) is 39.0 Å². The van der Waals surface area contributed by atoms with Gasteiger partial charge in [-0.25, -0.2) is 13.6 Å². The van der Waals surface area contributed by atoms with Crippen LogP contribution in [0.25, 0.3) is 0 Å². The van der Waals surface area contributed by atoms with Crippen LogP contribution in [0.4, 0.5) is 19.3 Å². The Morgan fingerprint density at radius 1 is 1.07 bits per heavy atom. The number of nitrogens with one attached hydrogen (secondary N) is 2. The monoisotopic (exact) mass is 378 g/mol. The van der Waals surface area contributed by atoms with Gasteiger partial charge in [-0.05, 0) is 50.3 Å². The van der Waals surface area contributed by atoms with Gasteiger partial charge in [-0.15, -0.1) is 0 Å². The highest BCUT2D eigenvalue weighted by molar-refractivity contribution is 5.74. The predicted molar refractivity (Wildman–Crippen MR) is 101 cm³/mol. The summed E-state index contributed by atoms with van der Waals surface area (Å²) >= 11 is 0. The first-order chi connectivity index (χ1) is 13.1. The van der Waals surface area contributed by atoms with Crippen molar-refractivity contribution in [2.24, 2.45) is 5.92 Å². The van der Waals surface area contributed by atoms with Crippen LogP contribution in [0.3, 0.4) is 0 Å². The Morgan fingerprint density at radius 2 is 1.96 bits per heavy atom. The second kappa shape index (κ2) is 8.00. The van der Waals surface area contributed by atoms with Crippen LogP contribution in [0.2, 0.25) is 0 Å². The first kappa shape index (κ1) is 18.5. The van der Waals surface area contributed by atoms with Gasteiger partial charge < -0.3 is 15.5 Å². The Balaban J connectivity index is 1.22. The first-order valence-corrected chi connectivity index (χ1v) is 10.1. The van der Waals surface area contributed by atoms with Crippen molar-refractivity contribution in [3.63, 3.8) is 0 Å². The van der Waals surface area contributed by atoms with E-state index in [1.807, 2.05) is 4.90 Å². The molecule has 3 aliphatic rings. The van der Waals surface area contributed by atoms with Gasteiger partial charge in [0.05, 0.1) is 0 Å². The minimum atomic E-state index is -0.823. The maximum atomic E-state index is 13.4. The molecule has 1 aromatic carbocycles. The topological polar surface area (TPSA) is 47.6 Å². The normalized spacial score (nSPS) is 28.2. The highest BCUT2D eigenvalue weighted by Crippen LogP contribution is 2.27. The smallest absolute Gasteiger partial charge is 0.315 e. The van der Waals surface area contributed by atoms with E-state index < -0.39 is 11.6 Å². The van der Waals surface area contributed by atoms with E-state index in [1.165, 1.54) is 31.4 Å². The molecule has 5 nitrogen and oxygen atoms in total. The molecule has 0 spiro atoms. The molecule has 7 heteroatoms. The van der Waals surface area contributed by atoms with Gasteiger partial charge in [-0.2, -0.15) is 0 Å². The molecule has 0 radical (unpaired) electrons. The lowest BCUT2D eigenvalue weighted by atomic mass is 9.99. The number of anilines is 1. The molecule has 3 fully saturated rings. The third kappa shape index (κ3) is 4.18. The number of carbonyl (C=O) groups is 1. The summed E-state index contributed by atoms with van der Waals surface area (Å²) in [6.45, 7) is 4.38. The second-order valence-corrected chi connectivity index (χ2v) is 8.05. The SMILES string of the molecule is O=C(NC[C@@H]1CCN(c2ccc(F)c(F)c2)C1)N[C@H]1CCN2CCCC[C@H]12. The van der Waals surface area contributed by atoms with E-state index in [4.69, 9.17) is 0 Å². The molecule has 0 unspecified atom stereocenters. The molecule has 3 saturated heterocycles. The molecule has 148 valence electrons. The van der Waals surface area contributed by atoms with E-state index in [1.54, 1.807) is 6.07 Å². The van der Waals surface area contributed by atoms with Gasteiger partial charge >= 0.3 is 6.03 Å². The van der Waals surface area contributed by atoms with Crippen molar-refractivity contribution in [2.45, 2.75) is 44.2 Å². The second-order valence-electron chi connectivity index (χ2n) is 8.05. The van der Waals surface area contributed by atoms with Gasteiger partial charge in [0.1, 0.15) is 0 Å². The van der Waals surface area contributed by atoms with Crippen molar-refractivity contribution in [3.05, 3.63) is 29.8 Å². The van der Waals surface area contributed by atoms with Gasteiger partial charge in [0.25, 0.3) is 0 Å². The molecular formula is C20H28F2N4O. The van der Waals surface area contributed by atoms with Crippen molar-refractivity contribution >= 4 is 11.7 Å². The number of hydrogen-bond donors (Lipinski definition) is 2. The fourth-order valence-corrected chi connectivity index (χ4v) is 4.79. The number of amides is 2. The lowest BCUT2D eigenvalue weighted by Gasteiger charge is -2.32. The summed E-state index contributed by atoms with van der Waals surface area (Å²) in [5.74, 6) is -1.32. The first-order valence-electron chi connectivity index (χ1n) is 10.1. The van der Waals surface area contributed by atoms with E-state index in [2.05, 4.69) is 15.5 Å². The highest BCUT2D eigenvalue weighted by Gasteiger charge is 2.36. The minimum absolute atomic E-state index is 0.0845. The van der Waals surface area contributed by atoms with Crippen LogP contribution in [-0.4, -0.2) is 55.7 Å². The summed E-state index contributed by atoms with van der Waals surface area (Å²) in [5.41, 5.74) is 0.698. The molecule has 1 aromatic rings. The van der Waals surface area contributed by atoms with E-state index in [-0.39, 0.29) is 12.1 Å². The van der Waals surface area contributed by atoms with E-state index in [9.17, 15) is 13.6 Å². The quantitative estimate of drug-likeness (QED) is 0.847. The van der Waals surface area contributed by atoms with Crippen LogP contribution in [0.1, 0.15) is 32.1 Å². The van der Waals surface area contributed by atoms with Crippen molar-refractivity contribution in [1.29, 1.82) is 0 Å². The molecule has 4 rings (SSSR count). The third-order valence-corrected chi connectivity index (χ3v) is 6.28. The number of benzene rings is 1. The van der Waals surface area contributed by atoms with E-state index in [0.29, 0.717) is 24.2 Å². The summed E-state index contributed by atoms with van der Waals surface area (Å²) in [6.07, 6.45) is 5.66. The number of rotatable bonds is 4. The van der Waals surface area contributed by atoms with Gasteiger partial charge in [0.2, 0.25) is 0 Å². The number of halogens is 2. The summed E-state index contributed by atoms with van der Waals surface area (Å²) in [4.78, 5) is 16.9. The fraction of sp³-hybridized carbons (Fsp3) is 0.650. The summed E-state index contributed by atoms with van der Waals surface area (Å²) < 4.78 is 26.5. The third-order valence-electron chi connectivity index (χ3n) is 6.28. The number of hydrogen-bond acceptors (Lipinski definition) is 3. The van der Waals surface area contributed by atoms with Gasteiger partial charge in [0.15, 0.2) is 11.6 Å². The number of fused-ring (bicyclic) bond motifs is 1. The maximum absolute atomic E-state index is 13.4. The Kier molecular flexibility index (Phi) is 5.48. The molecule has 2 N–H and O–H groups in total. The fourth-order valence-electron chi connectivity index (χ4n) is 4.79. The number of carbonyl (C=O) groups excluding carboxylic acids is 1. The standard InChI is InChI=1S/C20H28F2N4O/c21-16-5-4-15(11-17(16)22)26-9-6-14(13-26)12-23-20(27)24-18-7-10-25-8-2-1-3-19(18)25/h4-5,11,14,18-19H,1-3,6-10,12-13H2,(H2,23,24,27)/t14-,18-,19+/m0/s1. The molecule has 0 bridgehead atoms. The zero-order chi connectivity index (χ0) is 18.8. The summed E-state index contributed by atoms with van der Waals surface area (Å²) in [6, 6.07) is 4.69. The van der Waals surface area contributed by atoms with Crippen LogP contribution >= 0.6 is 0 Å². The highest BCUT2D eigenvalue weighted by atomic mass is 19.2. The molecule has 0 saturated carbocycles. The molecule has 3 atom stereocenters. The molecular weight excluding hydrogens is 350 g/mol. The molecule has 27 heavy (non-hydrogen) atoms. The molecule has 3 aliphatic heterocycles. The van der Waals surface area contributed by atoms with Crippen LogP contribution in [0.15, 0.2) is 18.2 Å². The Hall–Kier alpha value is -1.89.